The summed E-state index contributed by atoms with van der Waals surface area (Å²) in [5, 5.41) is 15.8. The van der Waals surface area contributed by atoms with Crippen LogP contribution in [0.15, 0.2) is 122 Å². The van der Waals surface area contributed by atoms with E-state index in [1.807, 2.05) is 18.2 Å². The van der Waals surface area contributed by atoms with Crippen LogP contribution in [0.4, 0.5) is 0 Å². The molecule has 0 radical (unpaired) electrons. The lowest BCUT2D eigenvalue weighted by molar-refractivity contribution is 0.463. The minimum absolute atomic E-state index is 0. The maximum Gasteiger partial charge on any atom is 0.184 e. The first-order valence-electron chi connectivity index (χ1n) is 14.1. The molecule has 0 aliphatic heterocycles. The number of fused-ring (bicyclic) bond motifs is 1. The summed E-state index contributed by atoms with van der Waals surface area (Å²) in [6.07, 6.45) is 6.41. The smallest absolute Gasteiger partial charge is 0.184 e. The van der Waals surface area contributed by atoms with Crippen molar-refractivity contribution in [3.63, 3.8) is 0 Å². The summed E-state index contributed by atoms with van der Waals surface area (Å²) in [4.78, 5) is 9.36. The molecular weight excluding hydrogens is 516 g/mol. The number of rotatable bonds is 7. The second-order valence-electron chi connectivity index (χ2n) is 10.8. The Balaban J connectivity index is 0.00000316. The molecule has 2 heterocycles. The van der Waals surface area contributed by atoms with Gasteiger partial charge in [0.1, 0.15) is 11.9 Å². The molecule has 206 valence electrons. The van der Waals surface area contributed by atoms with Crippen LogP contribution in [0.2, 0.25) is 0 Å². The first-order valence-corrected chi connectivity index (χ1v) is 14.1. The van der Waals surface area contributed by atoms with Crippen molar-refractivity contribution < 1.29 is 0 Å². The second-order valence-corrected chi connectivity index (χ2v) is 10.8. The molecule has 1 aliphatic rings. The first kappa shape index (κ1) is 27.1. The number of nitrogens with zero attached hydrogens (tertiary/aromatic N) is 5. The number of aromatic nitrogens is 4. The molecule has 6 nitrogen and oxygen atoms in total. The maximum absolute atomic E-state index is 9.81. The summed E-state index contributed by atoms with van der Waals surface area (Å²) in [5.41, 5.74) is 6.95. The van der Waals surface area contributed by atoms with Crippen LogP contribution < -0.4 is 6.15 Å². The van der Waals surface area contributed by atoms with Gasteiger partial charge in [0.2, 0.25) is 0 Å². The van der Waals surface area contributed by atoms with Crippen LogP contribution in [0.5, 0.6) is 0 Å². The second kappa shape index (κ2) is 10.7. The van der Waals surface area contributed by atoms with E-state index >= 15 is 0 Å². The van der Waals surface area contributed by atoms with E-state index in [-0.39, 0.29) is 11.6 Å². The average Bonchev–Trinajstić information content (AvgIpc) is 3.73. The molecule has 7 rings (SSSR count). The Morgan fingerprint density at radius 2 is 1.48 bits per heavy atom. The van der Waals surface area contributed by atoms with Gasteiger partial charge in [0.05, 0.1) is 22.6 Å². The zero-order chi connectivity index (χ0) is 27.9. The lowest BCUT2D eigenvalue weighted by Crippen LogP contribution is -2.38. The molecule has 0 amide bonds. The quantitative estimate of drug-likeness (QED) is 0.207. The van der Waals surface area contributed by atoms with Crippen LogP contribution in [0.3, 0.4) is 0 Å². The maximum atomic E-state index is 9.81. The molecule has 1 fully saturated rings. The van der Waals surface area contributed by atoms with E-state index in [1.165, 1.54) is 5.56 Å². The molecule has 0 spiro atoms. The van der Waals surface area contributed by atoms with Gasteiger partial charge in [0.25, 0.3) is 0 Å². The van der Waals surface area contributed by atoms with Crippen molar-refractivity contribution in [2.24, 2.45) is 0 Å². The Labute approximate surface area is 245 Å². The van der Waals surface area contributed by atoms with Gasteiger partial charge in [0, 0.05) is 11.8 Å². The van der Waals surface area contributed by atoms with E-state index in [2.05, 4.69) is 120 Å². The number of hydrogen-bond acceptors (Lipinski definition) is 5. The van der Waals surface area contributed by atoms with Crippen molar-refractivity contribution in [1.82, 2.24) is 25.9 Å². The predicted molar refractivity (Wildman–Crippen MR) is 166 cm³/mol. The molecule has 4 aromatic carbocycles. The van der Waals surface area contributed by atoms with Gasteiger partial charge in [-0.05, 0) is 53.1 Å². The van der Waals surface area contributed by atoms with E-state index < -0.39 is 5.54 Å². The molecular formula is C36H32N6. The number of nitriles is 1. The minimum atomic E-state index is -0.744. The van der Waals surface area contributed by atoms with Gasteiger partial charge < -0.3 is 6.15 Å². The molecule has 0 atom stereocenters. The summed E-state index contributed by atoms with van der Waals surface area (Å²) in [5.74, 6) is 0. The van der Waals surface area contributed by atoms with Crippen LogP contribution in [0.25, 0.3) is 22.3 Å². The molecule has 6 heteroatoms. The molecule has 42 heavy (non-hydrogen) atoms. The van der Waals surface area contributed by atoms with Gasteiger partial charge in [-0.3, -0.25) is 4.68 Å². The van der Waals surface area contributed by atoms with Crippen molar-refractivity contribution in [3.8, 4) is 17.3 Å². The van der Waals surface area contributed by atoms with E-state index in [9.17, 15) is 5.26 Å². The Morgan fingerprint density at radius 1 is 0.810 bits per heavy atom. The van der Waals surface area contributed by atoms with Crippen molar-refractivity contribution in [2.75, 3.05) is 0 Å². The highest BCUT2D eigenvalue weighted by atomic mass is 15.3. The first-order chi connectivity index (χ1) is 20.2. The molecule has 2 aromatic heterocycles. The van der Waals surface area contributed by atoms with Crippen molar-refractivity contribution >= 4 is 11.0 Å². The molecule has 0 unspecified atom stereocenters. The third-order valence-corrected chi connectivity index (χ3v) is 8.45. The van der Waals surface area contributed by atoms with Gasteiger partial charge in [-0.1, -0.05) is 110 Å². The summed E-state index contributed by atoms with van der Waals surface area (Å²) in [6.45, 7) is 2.18. The Kier molecular flexibility index (Phi) is 6.89. The van der Waals surface area contributed by atoms with Crippen molar-refractivity contribution in [3.05, 3.63) is 150 Å². The highest BCUT2D eigenvalue weighted by Gasteiger charge is 2.45. The van der Waals surface area contributed by atoms with Crippen LogP contribution in [-0.2, 0) is 17.4 Å². The minimum Gasteiger partial charge on any atom is -0.344 e. The Hall–Kier alpha value is -5.12. The summed E-state index contributed by atoms with van der Waals surface area (Å²) in [6, 6.07) is 40.7. The van der Waals surface area contributed by atoms with Crippen molar-refractivity contribution in [1.29, 1.82) is 5.26 Å². The molecule has 6 aromatic rings. The number of hydrogen-bond donors (Lipinski definition) is 1. The molecule has 1 aliphatic carbocycles. The van der Waals surface area contributed by atoms with E-state index in [1.54, 1.807) is 6.33 Å². The fourth-order valence-electron chi connectivity index (χ4n) is 6.07. The molecule has 3 N–H and O–H groups in total. The van der Waals surface area contributed by atoms with Gasteiger partial charge in [-0.25, -0.2) is 9.97 Å². The van der Waals surface area contributed by atoms with Crippen molar-refractivity contribution in [2.45, 2.75) is 37.1 Å². The fourth-order valence-corrected chi connectivity index (χ4v) is 6.07. The average molecular weight is 549 g/mol. The zero-order valence-corrected chi connectivity index (χ0v) is 23.6. The van der Waals surface area contributed by atoms with Crippen LogP contribution in [0, 0.1) is 11.3 Å². The topological polar surface area (TPSA) is 102 Å². The highest BCUT2D eigenvalue weighted by molar-refractivity contribution is 5.90. The number of aryl methyl sites for hydroxylation is 1. The van der Waals surface area contributed by atoms with Gasteiger partial charge >= 0.3 is 0 Å². The van der Waals surface area contributed by atoms with Crippen LogP contribution in [0.1, 0.15) is 47.6 Å². The SMILES string of the molecule is CCc1cccc(C(c2ccccc2)(c2ccccc2)n2cc3c(-c4cccc(C5(C#N)CC5)c4)ncnc3n2)c1.N. The third kappa shape index (κ3) is 4.27. The van der Waals surface area contributed by atoms with E-state index in [4.69, 9.17) is 10.1 Å². The van der Waals surface area contributed by atoms with Gasteiger partial charge in [-0.15, -0.1) is 0 Å². The summed E-state index contributed by atoms with van der Waals surface area (Å²) < 4.78 is 2.07. The summed E-state index contributed by atoms with van der Waals surface area (Å²) >= 11 is 0. The summed E-state index contributed by atoms with van der Waals surface area (Å²) in [7, 11) is 0. The lowest BCUT2D eigenvalue weighted by Gasteiger charge is -2.36. The van der Waals surface area contributed by atoms with E-state index in [0.717, 1.165) is 58.2 Å². The largest absolute Gasteiger partial charge is 0.344 e. The molecule has 0 saturated heterocycles. The highest BCUT2D eigenvalue weighted by Crippen LogP contribution is 2.48. The Bertz CT molecular complexity index is 1860. The molecule has 1 saturated carbocycles. The van der Waals surface area contributed by atoms with Gasteiger partial charge in [-0.2, -0.15) is 10.4 Å². The third-order valence-electron chi connectivity index (χ3n) is 8.45. The lowest BCUT2D eigenvalue weighted by atomic mass is 9.76. The number of benzene rings is 4. The van der Waals surface area contributed by atoms with Crippen LogP contribution >= 0.6 is 0 Å². The zero-order valence-electron chi connectivity index (χ0n) is 23.6. The fraction of sp³-hybridized carbons (Fsp3) is 0.167. The molecule has 0 bridgehead atoms. The Morgan fingerprint density at radius 3 is 2.12 bits per heavy atom. The standard InChI is InChI=1S/C36H29N5.H3N/c1-2-26-11-9-18-31(21-26)36(28-13-5-3-6-14-28,29-15-7-4-8-16-29)41-23-32-33(38-25-39-34(32)40-41)27-12-10-17-30(22-27)35(24-37)19-20-35;/h3-18,21-23,25H,2,19-20H2,1H3;1H3. The van der Waals surface area contributed by atoms with E-state index in [0.29, 0.717) is 5.65 Å². The predicted octanol–water partition coefficient (Wildman–Crippen LogP) is 7.61. The van der Waals surface area contributed by atoms with Crippen LogP contribution in [-0.4, -0.2) is 19.7 Å². The monoisotopic (exact) mass is 548 g/mol. The van der Waals surface area contributed by atoms with Gasteiger partial charge in [0.15, 0.2) is 5.65 Å². The normalized spacial score (nSPS) is 13.7.